The summed E-state index contributed by atoms with van der Waals surface area (Å²) in [6.45, 7) is 0.248. The molecule has 0 atom stereocenters. The minimum Gasteiger partial charge on any atom is -0.302 e. The lowest BCUT2D eigenvalue weighted by atomic mass is 10.2. The summed E-state index contributed by atoms with van der Waals surface area (Å²) >= 11 is 11.3. The lowest BCUT2D eigenvalue weighted by Crippen LogP contribution is -2.31. The average Bonchev–Trinajstić information content (AvgIpc) is 3.15. The number of carbonyl (C=O) groups is 2. The number of benzene rings is 1. The van der Waals surface area contributed by atoms with Crippen LogP contribution in [0.3, 0.4) is 0 Å². The van der Waals surface area contributed by atoms with Crippen molar-refractivity contribution in [1.82, 2.24) is 9.88 Å². The molecule has 0 unspecified atom stereocenters. The number of nitrogens with zero attached hydrogens (tertiary/aromatic N) is 2. The number of hydrogen-bond donors (Lipinski definition) is 1. The molecule has 1 aliphatic heterocycles. The van der Waals surface area contributed by atoms with Gasteiger partial charge in [-0.1, -0.05) is 52.0 Å². The second kappa shape index (κ2) is 8.22. The SMILES string of the molecule is O=C(CCN1C(=O)/C(=C\c2cccc(Br)c2)SC1=S)Nc1nccs1. The first-order valence-corrected chi connectivity index (χ1v) is 10.1. The van der Waals surface area contributed by atoms with Crippen molar-refractivity contribution in [2.45, 2.75) is 6.42 Å². The van der Waals surface area contributed by atoms with E-state index in [2.05, 4.69) is 26.2 Å². The number of thioether (sulfide) groups is 1. The highest BCUT2D eigenvalue weighted by molar-refractivity contribution is 9.10. The van der Waals surface area contributed by atoms with E-state index in [4.69, 9.17) is 12.2 Å². The zero-order valence-corrected chi connectivity index (χ0v) is 16.8. The van der Waals surface area contributed by atoms with E-state index in [1.165, 1.54) is 28.0 Å². The predicted molar refractivity (Wildman–Crippen MR) is 109 cm³/mol. The van der Waals surface area contributed by atoms with Crippen LogP contribution in [-0.4, -0.2) is 32.6 Å². The summed E-state index contributed by atoms with van der Waals surface area (Å²) in [5.74, 6) is -0.364. The Morgan fingerprint density at radius 2 is 2.28 bits per heavy atom. The van der Waals surface area contributed by atoms with Gasteiger partial charge in [-0.25, -0.2) is 4.98 Å². The molecule has 1 aliphatic rings. The monoisotopic (exact) mass is 453 g/mol. The maximum atomic E-state index is 12.5. The van der Waals surface area contributed by atoms with Gasteiger partial charge in [0.1, 0.15) is 4.32 Å². The molecule has 0 bridgehead atoms. The topological polar surface area (TPSA) is 62.3 Å². The van der Waals surface area contributed by atoms with Gasteiger partial charge in [0, 0.05) is 29.0 Å². The van der Waals surface area contributed by atoms with Crippen molar-refractivity contribution < 1.29 is 9.59 Å². The quantitative estimate of drug-likeness (QED) is 0.544. The number of anilines is 1. The number of hydrogen-bond acceptors (Lipinski definition) is 6. The molecule has 1 aromatic heterocycles. The molecule has 1 fully saturated rings. The molecule has 9 heteroatoms. The van der Waals surface area contributed by atoms with Gasteiger partial charge in [0.25, 0.3) is 5.91 Å². The van der Waals surface area contributed by atoms with Crippen LogP contribution >= 0.6 is 51.2 Å². The summed E-state index contributed by atoms with van der Waals surface area (Å²) < 4.78 is 1.41. The molecule has 1 saturated heterocycles. The van der Waals surface area contributed by atoms with Crippen LogP contribution in [0, 0.1) is 0 Å². The van der Waals surface area contributed by atoms with E-state index in [1.807, 2.05) is 24.3 Å². The molecular weight excluding hydrogens is 442 g/mol. The van der Waals surface area contributed by atoms with Gasteiger partial charge >= 0.3 is 0 Å². The predicted octanol–water partition coefficient (Wildman–Crippen LogP) is 4.14. The molecule has 3 rings (SSSR count). The van der Waals surface area contributed by atoms with Gasteiger partial charge in [0.2, 0.25) is 5.91 Å². The molecule has 1 N–H and O–H groups in total. The van der Waals surface area contributed by atoms with Crippen LogP contribution in [0.4, 0.5) is 5.13 Å². The molecule has 0 spiro atoms. The molecule has 0 aliphatic carbocycles. The Kier molecular flexibility index (Phi) is 6.00. The third-order valence-corrected chi connectivity index (χ3v) is 5.82. The fourth-order valence-electron chi connectivity index (χ4n) is 2.12. The Balaban J connectivity index is 1.62. The number of nitrogens with one attached hydrogen (secondary N) is 1. The fourth-order valence-corrected chi connectivity index (χ4v) is 4.39. The van der Waals surface area contributed by atoms with Crippen LogP contribution in [0.5, 0.6) is 0 Å². The lowest BCUT2D eigenvalue weighted by Gasteiger charge is -2.13. The summed E-state index contributed by atoms with van der Waals surface area (Å²) in [6.07, 6.45) is 3.59. The van der Waals surface area contributed by atoms with E-state index in [0.717, 1.165) is 10.0 Å². The minimum absolute atomic E-state index is 0.163. The number of carbonyl (C=O) groups excluding carboxylic acids is 2. The van der Waals surface area contributed by atoms with Gasteiger partial charge in [-0.3, -0.25) is 14.5 Å². The maximum Gasteiger partial charge on any atom is 0.266 e. The standard InChI is InChI=1S/C16H12BrN3O2S3/c17-11-3-1-2-10(8-11)9-12-14(22)20(16(23)25-12)6-4-13(21)19-15-18-5-7-24-15/h1-3,5,7-9H,4,6H2,(H,18,19,21)/b12-9+. The van der Waals surface area contributed by atoms with Crippen LogP contribution in [0.15, 0.2) is 45.2 Å². The maximum absolute atomic E-state index is 12.5. The van der Waals surface area contributed by atoms with E-state index in [1.54, 1.807) is 17.7 Å². The van der Waals surface area contributed by atoms with Gasteiger partial charge in [0.05, 0.1) is 4.91 Å². The summed E-state index contributed by atoms with van der Waals surface area (Å²) in [7, 11) is 0. The molecule has 25 heavy (non-hydrogen) atoms. The van der Waals surface area contributed by atoms with Crippen molar-refractivity contribution in [1.29, 1.82) is 0 Å². The van der Waals surface area contributed by atoms with Crippen LogP contribution in [0.25, 0.3) is 6.08 Å². The lowest BCUT2D eigenvalue weighted by molar-refractivity contribution is -0.122. The second-order valence-electron chi connectivity index (χ2n) is 5.02. The molecule has 2 heterocycles. The zero-order chi connectivity index (χ0) is 17.8. The molecule has 2 amide bonds. The van der Waals surface area contributed by atoms with E-state index in [0.29, 0.717) is 14.4 Å². The number of amides is 2. The number of rotatable bonds is 5. The Labute approximate surface area is 166 Å². The third kappa shape index (κ3) is 4.75. The number of aromatic nitrogens is 1. The van der Waals surface area contributed by atoms with Gasteiger partial charge < -0.3 is 5.32 Å². The largest absolute Gasteiger partial charge is 0.302 e. The van der Waals surface area contributed by atoms with Crippen molar-refractivity contribution in [2.24, 2.45) is 0 Å². The van der Waals surface area contributed by atoms with Crippen molar-refractivity contribution in [3.05, 3.63) is 50.8 Å². The fraction of sp³-hybridized carbons (Fsp3) is 0.125. The van der Waals surface area contributed by atoms with Crippen LogP contribution < -0.4 is 5.32 Å². The number of halogens is 1. The van der Waals surface area contributed by atoms with Crippen LogP contribution in [-0.2, 0) is 9.59 Å². The van der Waals surface area contributed by atoms with Crippen LogP contribution in [0.1, 0.15) is 12.0 Å². The van der Waals surface area contributed by atoms with E-state index >= 15 is 0 Å². The van der Waals surface area contributed by atoms with Crippen molar-refractivity contribution in [2.75, 3.05) is 11.9 Å². The van der Waals surface area contributed by atoms with E-state index < -0.39 is 0 Å². The van der Waals surface area contributed by atoms with Gasteiger partial charge in [-0.05, 0) is 23.8 Å². The molecule has 1 aromatic carbocycles. The van der Waals surface area contributed by atoms with Crippen LogP contribution in [0.2, 0.25) is 0 Å². The van der Waals surface area contributed by atoms with Crippen molar-refractivity contribution >= 4 is 78.6 Å². The van der Waals surface area contributed by atoms with E-state index in [-0.39, 0.29) is 24.8 Å². The molecule has 2 aromatic rings. The highest BCUT2D eigenvalue weighted by Crippen LogP contribution is 2.33. The first-order chi connectivity index (χ1) is 12.0. The first-order valence-electron chi connectivity index (χ1n) is 7.23. The summed E-state index contributed by atoms with van der Waals surface area (Å²) in [5, 5.41) is 5.02. The van der Waals surface area contributed by atoms with Gasteiger partial charge in [-0.15, -0.1) is 11.3 Å². The van der Waals surface area contributed by atoms with Crippen molar-refractivity contribution in [3.63, 3.8) is 0 Å². The summed E-state index contributed by atoms with van der Waals surface area (Å²) in [5.41, 5.74) is 0.913. The third-order valence-electron chi connectivity index (χ3n) is 3.26. The molecule has 0 saturated carbocycles. The Bertz CT molecular complexity index is 852. The Morgan fingerprint density at radius 3 is 3.00 bits per heavy atom. The normalized spacial score (nSPS) is 15.9. The second-order valence-corrected chi connectivity index (χ2v) is 8.51. The summed E-state index contributed by atoms with van der Waals surface area (Å²) in [6, 6.07) is 7.66. The van der Waals surface area contributed by atoms with Gasteiger partial charge in [-0.2, -0.15) is 0 Å². The van der Waals surface area contributed by atoms with E-state index in [9.17, 15) is 9.59 Å². The van der Waals surface area contributed by atoms with Gasteiger partial charge in [0.15, 0.2) is 5.13 Å². The highest BCUT2D eigenvalue weighted by atomic mass is 79.9. The molecule has 5 nitrogen and oxygen atoms in total. The Hall–Kier alpha value is -1.55. The smallest absolute Gasteiger partial charge is 0.266 e. The average molecular weight is 454 g/mol. The molecular formula is C16H12BrN3O2S3. The molecule has 128 valence electrons. The zero-order valence-electron chi connectivity index (χ0n) is 12.8. The summed E-state index contributed by atoms with van der Waals surface area (Å²) in [4.78, 5) is 30.5. The number of thiocarbonyl (C=S) groups is 1. The molecule has 0 radical (unpaired) electrons. The minimum atomic E-state index is -0.194. The first kappa shape index (κ1) is 18.2. The van der Waals surface area contributed by atoms with Crippen molar-refractivity contribution in [3.8, 4) is 0 Å². The Morgan fingerprint density at radius 1 is 1.44 bits per heavy atom. The highest BCUT2D eigenvalue weighted by Gasteiger charge is 2.32. The number of thiazole rings is 1.